The second kappa shape index (κ2) is 8.21. The Balaban J connectivity index is 0.00000176. The van der Waals surface area contributed by atoms with Crippen molar-refractivity contribution in [1.29, 1.82) is 0 Å². The largest absolute Gasteiger partial charge is 0.316 e. The number of hydrogen-bond donors (Lipinski definition) is 1. The summed E-state index contributed by atoms with van der Waals surface area (Å²) in [6.45, 7) is 4.27. The Morgan fingerprint density at radius 3 is 2.77 bits per heavy atom. The second-order valence-corrected chi connectivity index (χ2v) is 7.04. The maximum Gasteiger partial charge on any atom is 0.0545 e. The molecule has 22 heavy (non-hydrogen) atoms. The SMILES string of the molecule is CC(Sc1c(Cl)ccc2c1CCNCC2)c1ccccn1.Cl. The van der Waals surface area contributed by atoms with E-state index in [1.807, 2.05) is 36.2 Å². The quantitative estimate of drug-likeness (QED) is 0.808. The van der Waals surface area contributed by atoms with E-state index in [9.17, 15) is 0 Å². The lowest BCUT2D eigenvalue weighted by atomic mass is 10.0. The number of halogens is 2. The van der Waals surface area contributed by atoms with E-state index in [1.165, 1.54) is 16.0 Å². The lowest BCUT2D eigenvalue weighted by Gasteiger charge is -2.17. The van der Waals surface area contributed by atoms with E-state index in [1.54, 1.807) is 0 Å². The van der Waals surface area contributed by atoms with Crippen LogP contribution in [0.3, 0.4) is 0 Å². The number of nitrogens with zero attached hydrogens (tertiary/aromatic N) is 1. The number of thioether (sulfide) groups is 1. The molecule has 2 heterocycles. The van der Waals surface area contributed by atoms with Crippen LogP contribution in [0.15, 0.2) is 41.4 Å². The van der Waals surface area contributed by atoms with Gasteiger partial charge < -0.3 is 5.32 Å². The molecule has 0 saturated heterocycles. The van der Waals surface area contributed by atoms with Crippen LogP contribution < -0.4 is 5.32 Å². The molecule has 2 aromatic rings. The smallest absolute Gasteiger partial charge is 0.0545 e. The van der Waals surface area contributed by atoms with Gasteiger partial charge in [-0.2, -0.15) is 0 Å². The molecule has 1 aromatic heterocycles. The highest BCUT2D eigenvalue weighted by Gasteiger charge is 2.18. The maximum atomic E-state index is 6.48. The number of pyridine rings is 1. The van der Waals surface area contributed by atoms with Gasteiger partial charge in [0.15, 0.2) is 0 Å². The van der Waals surface area contributed by atoms with Crippen LogP contribution >= 0.6 is 35.8 Å². The molecular weight excluding hydrogens is 335 g/mol. The molecule has 1 aliphatic rings. The summed E-state index contributed by atoms with van der Waals surface area (Å²) in [5, 5.41) is 4.62. The lowest BCUT2D eigenvalue weighted by molar-refractivity contribution is 0.709. The first kappa shape index (κ1) is 17.6. The Morgan fingerprint density at radius 2 is 2.00 bits per heavy atom. The lowest BCUT2D eigenvalue weighted by Crippen LogP contribution is -2.16. The number of hydrogen-bond acceptors (Lipinski definition) is 3. The Morgan fingerprint density at radius 1 is 1.18 bits per heavy atom. The molecule has 0 radical (unpaired) electrons. The molecule has 0 fully saturated rings. The maximum absolute atomic E-state index is 6.48. The fraction of sp³-hybridized carbons (Fsp3) is 0.353. The molecule has 1 aromatic carbocycles. The van der Waals surface area contributed by atoms with Gasteiger partial charge in [-0.3, -0.25) is 4.98 Å². The van der Waals surface area contributed by atoms with Gasteiger partial charge in [0.2, 0.25) is 0 Å². The molecule has 0 aliphatic carbocycles. The van der Waals surface area contributed by atoms with E-state index in [0.29, 0.717) is 5.25 Å². The first-order chi connectivity index (χ1) is 10.3. The van der Waals surface area contributed by atoms with Gasteiger partial charge in [0.05, 0.1) is 10.7 Å². The van der Waals surface area contributed by atoms with E-state index in [2.05, 4.69) is 29.4 Å². The fourth-order valence-corrected chi connectivity index (χ4v) is 4.17. The van der Waals surface area contributed by atoms with Crippen molar-refractivity contribution in [3.8, 4) is 0 Å². The second-order valence-electron chi connectivity index (χ2n) is 5.28. The molecule has 1 atom stereocenters. The van der Waals surface area contributed by atoms with Gasteiger partial charge in [-0.25, -0.2) is 0 Å². The van der Waals surface area contributed by atoms with Crippen molar-refractivity contribution in [2.24, 2.45) is 0 Å². The Bertz CT molecular complexity index is 620. The Labute approximate surface area is 147 Å². The average molecular weight is 355 g/mol. The summed E-state index contributed by atoms with van der Waals surface area (Å²) in [5.74, 6) is 0. The number of benzene rings is 1. The van der Waals surface area contributed by atoms with Crippen LogP contribution in [-0.2, 0) is 12.8 Å². The number of rotatable bonds is 3. The van der Waals surface area contributed by atoms with Crippen LogP contribution in [-0.4, -0.2) is 18.1 Å². The standard InChI is InChI=1S/C17H19ClN2S.ClH/c1-12(16-4-2-3-9-20-16)21-17-14-8-11-19-10-7-13(14)5-6-15(17)18;/h2-6,9,12,19H,7-8,10-11H2,1H3;1H. The van der Waals surface area contributed by atoms with E-state index >= 15 is 0 Å². The van der Waals surface area contributed by atoms with Crippen molar-refractivity contribution in [1.82, 2.24) is 10.3 Å². The summed E-state index contributed by atoms with van der Waals surface area (Å²) < 4.78 is 0. The van der Waals surface area contributed by atoms with Crippen molar-refractivity contribution in [2.75, 3.05) is 13.1 Å². The van der Waals surface area contributed by atoms with Gasteiger partial charge in [-0.05, 0) is 62.2 Å². The molecule has 2 nitrogen and oxygen atoms in total. The van der Waals surface area contributed by atoms with Crippen LogP contribution in [0.4, 0.5) is 0 Å². The molecule has 0 amide bonds. The highest BCUT2D eigenvalue weighted by molar-refractivity contribution is 7.99. The van der Waals surface area contributed by atoms with Crippen molar-refractivity contribution < 1.29 is 0 Å². The summed E-state index contributed by atoms with van der Waals surface area (Å²) >= 11 is 8.31. The number of nitrogens with one attached hydrogen (secondary N) is 1. The van der Waals surface area contributed by atoms with Gasteiger partial charge in [-0.15, -0.1) is 24.2 Å². The van der Waals surface area contributed by atoms with Gasteiger partial charge >= 0.3 is 0 Å². The van der Waals surface area contributed by atoms with Gasteiger partial charge in [0.25, 0.3) is 0 Å². The zero-order valence-electron chi connectivity index (χ0n) is 12.5. The normalized spacial score (nSPS) is 15.4. The van der Waals surface area contributed by atoms with Crippen molar-refractivity contribution >= 4 is 35.8 Å². The molecule has 118 valence electrons. The number of fused-ring (bicyclic) bond motifs is 1. The van der Waals surface area contributed by atoms with Crippen LogP contribution in [0, 0.1) is 0 Å². The van der Waals surface area contributed by atoms with Crippen molar-refractivity contribution in [3.63, 3.8) is 0 Å². The molecule has 1 N–H and O–H groups in total. The third-order valence-electron chi connectivity index (χ3n) is 3.83. The Hall–Kier alpha value is -0.740. The summed E-state index contributed by atoms with van der Waals surface area (Å²) in [6.07, 6.45) is 3.98. The molecule has 1 aliphatic heterocycles. The average Bonchev–Trinajstić information content (AvgIpc) is 2.76. The van der Waals surface area contributed by atoms with Crippen molar-refractivity contribution in [3.05, 3.63) is 58.4 Å². The van der Waals surface area contributed by atoms with Crippen LogP contribution in [0.2, 0.25) is 5.02 Å². The third-order valence-corrected chi connectivity index (χ3v) is 5.56. The molecular formula is C17H20Cl2N2S. The molecule has 0 bridgehead atoms. The van der Waals surface area contributed by atoms with E-state index in [-0.39, 0.29) is 12.4 Å². The third kappa shape index (κ3) is 3.96. The van der Waals surface area contributed by atoms with Crippen LogP contribution in [0.1, 0.15) is 29.0 Å². The molecule has 5 heteroatoms. The summed E-state index contributed by atoms with van der Waals surface area (Å²) in [6, 6.07) is 10.3. The predicted molar refractivity (Wildman–Crippen MR) is 97.5 cm³/mol. The molecule has 0 saturated carbocycles. The van der Waals surface area contributed by atoms with Crippen LogP contribution in [0.5, 0.6) is 0 Å². The first-order valence-corrected chi connectivity index (χ1v) is 8.60. The molecule has 3 rings (SSSR count). The fourth-order valence-electron chi connectivity index (χ4n) is 2.69. The van der Waals surface area contributed by atoms with Gasteiger partial charge in [-0.1, -0.05) is 23.7 Å². The van der Waals surface area contributed by atoms with E-state index in [0.717, 1.165) is 36.6 Å². The summed E-state index contributed by atoms with van der Waals surface area (Å²) in [5.41, 5.74) is 3.95. The van der Waals surface area contributed by atoms with Crippen molar-refractivity contribution in [2.45, 2.75) is 29.9 Å². The highest BCUT2D eigenvalue weighted by Crippen LogP contribution is 2.41. The Kier molecular flexibility index (Phi) is 6.57. The van der Waals surface area contributed by atoms with E-state index in [4.69, 9.17) is 11.6 Å². The predicted octanol–water partition coefficient (Wildman–Crippen LogP) is 4.70. The number of aromatic nitrogens is 1. The van der Waals surface area contributed by atoms with Crippen LogP contribution in [0.25, 0.3) is 0 Å². The minimum absolute atomic E-state index is 0. The first-order valence-electron chi connectivity index (χ1n) is 7.34. The minimum Gasteiger partial charge on any atom is -0.316 e. The zero-order chi connectivity index (χ0) is 14.7. The monoisotopic (exact) mass is 354 g/mol. The summed E-state index contributed by atoms with van der Waals surface area (Å²) in [7, 11) is 0. The topological polar surface area (TPSA) is 24.9 Å². The van der Waals surface area contributed by atoms with E-state index < -0.39 is 0 Å². The van der Waals surface area contributed by atoms with Gasteiger partial charge in [0, 0.05) is 16.3 Å². The minimum atomic E-state index is 0. The highest BCUT2D eigenvalue weighted by atomic mass is 35.5. The van der Waals surface area contributed by atoms with Gasteiger partial charge in [0.1, 0.15) is 0 Å². The summed E-state index contributed by atoms with van der Waals surface area (Å²) in [4.78, 5) is 5.69. The molecule has 0 spiro atoms. The zero-order valence-corrected chi connectivity index (χ0v) is 14.9. The molecule has 1 unspecified atom stereocenters.